The maximum atomic E-state index is 13.3. The first kappa shape index (κ1) is 19.5. The van der Waals surface area contributed by atoms with E-state index >= 15 is 0 Å². The van der Waals surface area contributed by atoms with Crippen LogP contribution in [0.2, 0.25) is 0 Å². The number of halogens is 3. The van der Waals surface area contributed by atoms with Crippen molar-refractivity contribution in [3.63, 3.8) is 0 Å². The predicted molar refractivity (Wildman–Crippen MR) is 79.5 cm³/mol. The van der Waals surface area contributed by atoms with Crippen LogP contribution in [-0.4, -0.2) is 32.8 Å². The third kappa shape index (κ3) is 4.95. The fourth-order valence-electron chi connectivity index (χ4n) is 2.40. The number of hydrogen-bond acceptors (Lipinski definition) is 3. The number of alkyl halides is 3. The number of hydrogen-bond donors (Lipinski definition) is 2. The maximum Gasteiger partial charge on any atom is 0.425 e. The Labute approximate surface area is 133 Å². The first-order valence-corrected chi connectivity index (χ1v) is 7.68. The Morgan fingerprint density at radius 3 is 2.57 bits per heavy atom. The van der Waals surface area contributed by atoms with Crippen LogP contribution in [0.4, 0.5) is 13.2 Å². The van der Waals surface area contributed by atoms with Gasteiger partial charge in [0.2, 0.25) is 11.5 Å². The van der Waals surface area contributed by atoms with Gasteiger partial charge in [0.15, 0.2) is 5.82 Å². The van der Waals surface area contributed by atoms with Crippen molar-refractivity contribution < 1.29 is 23.1 Å². The number of nitrogens with zero attached hydrogens (tertiary/aromatic N) is 2. The molecule has 2 atom stereocenters. The summed E-state index contributed by atoms with van der Waals surface area (Å²) in [7, 11) is 1.34. The quantitative estimate of drug-likeness (QED) is 0.718. The van der Waals surface area contributed by atoms with E-state index in [0.717, 1.165) is 30.0 Å². The molecule has 2 unspecified atom stereocenters. The lowest BCUT2D eigenvalue weighted by Gasteiger charge is -2.29. The van der Waals surface area contributed by atoms with Gasteiger partial charge in [-0.15, -0.1) is 0 Å². The number of aryl methyl sites for hydroxylation is 1. The number of aliphatic hydroxyl groups is 1. The number of carbonyl (C=O) groups excluding carboxylic acids is 1. The normalized spacial score (nSPS) is 16.0. The van der Waals surface area contributed by atoms with E-state index in [0.29, 0.717) is 6.42 Å². The van der Waals surface area contributed by atoms with Crippen molar-refractivity contribution in [1.29, 1.82) is 0 Å². The molecule has 0 aromatic carbocycles. The number of nitrogens with one attached hydrogen (secondary N) is 1. The van der Waals surface area contributed by atoms with Crippen LogP contribution in [0.15, 0.2) is 12.4 Å². The third-order valence-electron chi connectivity index (χ3n) is 3.72. The van der Waals surface area contributed by atoms with Crippen LogP contribution >= 0.6 is 0 Å². The Kier molecular flexibility index (Phi) is 6.61. The van der Waals surface area contributed by atoms with Gasteiger partial charge in [0.25, 0.3) is 0 Å². The van der Waals surface area contributed by atoms with Gasteiger partial charge < -0.3 is 15.0 Å². The molecule has 0 aliphatic rings. The molecule has 0 aliphatic heterocycles. The van der Waals surface area contributed by atoms with Crippen molar-refractivity contribution in [2.75, 3.05) is 0 Å². The number of rotatable bonds is 8. The first-order valence-electron chi connectivity index (χ1n) is 7.68. The van der Waals surface area contributed by atoms with Crippen LogP contribution in [0.5, 0.6) is 0 Å². The molecule has 2 N–H and O–H groups in total. The molecule has 1 heterocycles. The summed E-state index contributed by atoms with van der Waals surface area (Å²) in [5.74, 6) is -1.45. The standard InChI is InChI=1S/C15H24F3N3O2/c1-4-5-6-7-11(2)20-12(22)10-14(23,15(16,17)18)13-19-8-9-21(13)3/h8-9,11,23H,4-7,10H2,1-3H3,(H,20,22). The predicted octanol–water partition coefficient (Wildman–Crippen LogP) is 2.65. The van der Waals surface area contributed by atoms with Gasteiger partial charge in [-0.25, -0.2) is 4.98 Å². The summed E-state index contributed by atoms with van der Waals surface area (Å²) in [5.41, 5.74) is -3.31. The molecule has 23 heavy (non-hydrogen) atoms. The van der Waals surface area contributed by atoms with Crippen molar-refractivity contribution in [3.8, 4) is 0 Å². The molecule has 0 saturated heterocycles. The van der Waals surface area contributed by atoms with Crippen molar-refractivity contribution >= 4 is 5.91 Å². The number of aromatic nitrogens is 2. The summed E-state index contributed by atoms with van der Waals surface area (Å²) in [6.07, 6.45) is -0.0794. The molecule has 1 aromatic heterocycles. The summed E-state index contributed by atoms with van der Waals surface area (Å²) in [6.45, 7) is 3.78. The van der Waals surface area contributed by atoms with E-state index in [-0.39, 0.29) is 6.04 Å². The van der Waals surface area contributed by atoms with Gasteiger partial charge >= 0.3 is 6.18 Å². The van der Waals surface area contributed by atoms with Crippen LogP contribution in [0.3, 0.4) is 0 Å². The van der Waals surface area contributed by atoms with Gasteiger partial charge in [-0.2, -0.15) is 13.2 Å². The Balaban J connectivity index is 2.80. The number of carbonyl (C=O) groups is 1. The van der Waals surface area contributed by atoms with Gasteiger partial charge in [0.1, 0.15) is 0 Å². The van der Waals surface area contributed by atoms with Crippen LogP contribution in [0, 0.1) is 0 Å². The van der Waals surface area contributed by atoms with Crippen molar-refractivity contribution in [2.24, 2.45) is 7.05 Å². The minimum Gasteiger partial charge on any atom is -0.374 e. The molecular weight excluding hydrogens is 311 g/mol. The zero-order chi connectivity index (χ0) is 17.7. The lowest BCUT2D eigenvalue weighted by Crippen LogP contribution is -2.48. The first-order chi connectivity index (χ1) is 10.6. The highest BCUT2D eigenvalue weighted by Crippen LogP contribution is 2.40. The molecule has 1 aromatic rings. The summed E-state index contributed by atoms with van der Waals surface area (Å²) in [6, 6.07) is -0.243. The lowest BCUT2D eigenvalue weighted by atomic mass is 9.96. The van der Waals surface area contributed by atoms with E-state index < -0.39 is 29.9 Å². The molecule has 5 nitrogen and oxygen atoms in total. The lowest BCUT2D eigenvalue weighted by molar-refractivity contribution is -0.271. The minimum absolute atomic E-state index is 0.243. The molecule has 0 aliphatic carbocycles. The number of imidazole rings is 1. The minimum atomic E-state index is -5.01. The molecule has 1 amide bonds. The summed E-state index contributed by atoms with van der Waals surface area (Å²) in [5, 5.41) is 12.6. The Hall–Kier alpha value is -1.57. The van der Waals surface area contributed by atoms with Crippen LogP contribution < -0.4 is 5.32 Å². The monoisotopic (exact) mass is 335 g/mol. The molecular formula is C15H24F3N3O2. The van der Waals surface area contributed by atoms with E-state index in [4.69, 9.17) is 0 Å². The van der Waals surface area contributed by atoms with Crippen LogP contribution in [0.1, 0.15) is 51.8 Å². The molecule has 0 fully saturated rings. The number of amides is 1. The SMILES string of the molecule is CCCCCC(C)NC(=O)CC(O)(c1nccn1C)C(F)(F)F. The molecule has 0 radical (unpaired) electrons. The second-order valence-electron chi connectivity index (χ2n) is 5.86. The fraction of sp³-hybridized carbons (Fsp3) is 0.733. The largest absolute Gasteiger partial charge is 0.425 e. The average Bonchev–Trinajstić information content (AvgIpc) is 2.84. The molecule has 8 heteroatoms. The zero-order valence-electron chi connectivity index (χ0n) is 13.7. The summed E-state index contributed by atoms with van der Waals surface area (Å²) < 4.78 is 41.0. The van der Waals surface area contributed by atoms with Crippen LogP contribution in [-0.2, 0) is 17.4 Å². The molecule has 1 rings (SSSR count). The van der Waals surface area contributed by atoms with Gasteiger partial charge in [-0.05, 0) is 13.3 Å². The van der Waals surface area contributed by atoms with Crippen molar-refractivity contribution in [3.05, 3.63) is 18.2 Å². The molecule has 0 spiro atoms. The smallest absolute Gasteiger partial charge is 0.374 e. The topological polar surface area (TPSA) is 67.2 Å². The highest BCUT2D eigenvalue weighted by Gasteiger charge is 2.58. The van der Waals surface area contributed by atoms with E-state index in [1.165, 1.54) is 13.2 Å². The molecule has 0 bridgehead atoms. The fourth-order valence-corrected chi connectivity index (χ4v) is 2.40. The second kappa shape index (κ2) is 7.81. The molecule has 0 saturated carbocycles. The van der Waals surface area contributed by atoms with Gasteiger partial charge in [0, 0.05) is 25.5 Å². The maximum absolute atomic E-state index is 13.3. The Bertz CT molecular complexity index is 516. The number of unbranched alkanes of at least 4 members (excludes halogenated alkanes) is 2. The van der Waals surface area contributed by atoms with Crippen molar-refractivity contribution in [2.45, 2.75) is 63.8 Å². The van der Waals surface area contributed by atoms with Gasteiger partial charge in [-0.1, -0.05) is 26.2 Å². The molecule has 132 valence electrons. The van der Waals surface area contributed by atoms with E-state index in [9.17, 15) is 23.1 Å². The summed E-state index contributed by atoms with van der Waals surface area (Å²) in [4.78, 5) is 15.5. The zero-order valence-corrected chi connectivity index (χ0v) is 13.7. The Morgan fingerprint density at radius 1 is 1.43 bits per heavy atom. The van der Waals surface area contributed by atoms with Crippen molar-refractivity contribution in [1.82, 2.24) is 14.9 Å². The summed E-state index contributed by atoms with van der Waals surface area (Å²) >= 11 is 0. The third-order valence-corrected chi connectivity index (χ3v) is 3.72. The van der Waals surface area contributed by atoms with E-state index in [2.05, 4.69) is 10.3 Å². The Morgan fingerprint density at radius 2 is 2.09 bits per heavy atom. The van der Waals surface area contributed by atoms with Gasteiger partial charge in [-0.3, -0.25) is 4.79 Å². The van der Waals surface area contributed by atoms with Crippen LogP contribution in [0.25, 0.3) is 0 Å². The second-order valence-corrected chi connectivity index (χ2v) is 5.86. The highest BCUT2D eigenvalue weighted by molar-refractivity contribution is 5.77. The van der Waals surface area contributed by atoms with E-state index in [1.54, 1.807) is 6.92 Å². The van der Waals surface area contributed by atoms with E-state index in [1.807, 2.05) is 6.92 Å². The average molecular weight is 335 g/mol. The highest BCUT2D eigenvalue weighted by atomic mass is 19.4. The van der Waals surface area contributed by atoms with Gasteiger partial charge in [0.05, 0.1) is 6.42 Å².